The van der Waals surface area contributed by atoms with Gasteiger partial charge in [-0.25, -0.2) is 17.6 Å². The van der Waals surface area contributed by atoms with Gasteiger partial charge in [-0.2, -0.15) is 5.11 Å². The van der Waals surface area contributed by atoms with Gasteiger partial charge in [0.1, 0.15) is 11.4 Å². The van der Waals surface area contributed by atoms with Crippen molar-refractivity contribution in [2.75, 3.05) is 24.3 Å². The molecule has 0 spiro atoms. The fourth-order valence-electron chi connectivity index (χ4n) is 2.46. The van der Waals surface area contributed by atoms with Crippen molar-refractivity contribution < 1.29 is 22.7 Å². The number of nitrogens with zero attached hydrogens (tertiary/aromatic N) is 3. The molecule has 0 aliphatic heterocycles. The van der Waals surface area contributed by atoms with Crippen LogP contribution < -0.4 is 10.2 Å². The number of anilines is 3. The highest BCUT2D eigenvalue weighted by atomic mass is 19.2. The maximum Gasteiger partial charge on any atom is 0.191 e. The summed E-state index contributed by atoms with van der Waals surface area (Å²) >= 11 is 0. The van der Waals surface area contributed by atoms with Gasteiger partial charge in [-0.05, 0) is 36.4 Å². The lowest BCUT2D eigenvalue weighted by Crippen LogP contribution is -2.07. The third kappa shape index (κ3) is 4.13. The molecule has 29 heavy (non-hydrogen) atoms. The van der Waals surface area contributed by atoms with Gasteiger partial charge >= 0.3 is 0 Å². The first-order valence-electron chi connectivity index (χ1n) is 8.39. The molecule has 0 unspecified atom stereocenters. The first-order valence-corrected chi connectivity index (χ1v) is 8.39. The van der Waals surface area contributed by atoms with E-state index in [0.717, 1.165) is 5.69 Å². The molecule has 3 aromatic rings. The SMILES string of the molecule is CN(C)c1ccc(N=Nc2c(F)c(F)c(Nc3ccccc3O)c(F)c2F)cc1. The zero-order valence-corrected chi connectivity index (χ0v) is 15.4. The smallest absolute Gasteiger partial charge is 0.191 e. The first kappa shape index (κ1) is 20.1. The largest absolute Gasteiger partial charge is 0.506 e. The van der Waals surface area contributed by atoms with Gasteiger partial charge in [0.15, 0.2) is 29.0 Å². The molecule has 0 atom stereocenters. The molecular weight excluding hydrogens is 388 g/mol. The second kappa shape index (κ2) is 8.17. The lowest BCUT2D eigenvalue weighted by Gasteiger charge is -2.12. The summed E-state index contributed by atoms with van der Waals surface area (Å²) in [5, 5.41) is 18.8. The number of phenolic OH excluding ortho intramolecular Hbond substituents is 1. The molecule has 0 aliphatic carbocycles. The van der Waals surface area contributed by atoms with Gasteiger partial charge in [0.25, 0.3) is 0 Å². The van der Waals surface area contributed by atoms with E-state index >= 15 is 0 Å². The molecule has 0 amide bonds. The molecule has 2 N–H and O–H groups in total. The number of hydrogen-bond acceptors (Lipinski definition) is 5. The van der Waals surface area contributed by atoms with Gasteiger partial charge in [0.05, 0.1) is 11.4 Å². The molecule has 0 aromatic heterocycles. The van der Waals surface area contributed by atoms with Crippen LogP contribution in [0.5, 0.6) is 5.75 Å². The second-order valence-electron chi connectivity index (χ2n) is 6.23. The van der Waals surface area contributed by atoms with Crippen LogP contribution in [0, 0.1) is 23.3 Å². The Morgan fingerprint density at radius 2 is 1.38 bits per heavy atom. The van der Waals surface area contributed by atoms with Crippen LogP contribution in [-0.4, -0.2) is 19.2 Å². The number of azo groups is 1. The molecule has 3 aromatic carbocycles. The van der Waals surface area contributed by atoms with Gasteiger partial charge in [0, 0.05) is 19.8 Å². The highest BCUT2D eigenvalue weighted by Crippen LogP contribution is 2.37. The molecule has 0 aliphatic rings. The summed E-state index contributed by atoms with van der Waals surface area (Å²) in [7, 11) is 3.66. The van der Waals surface area contributed by atoms with E-state index in [4.69, 9.17) is 0 Å². The Labute approximate surface area is 163 Å². The third-order valence-corrected chi connectivity index (χ3v) is 4.04. The number of nitrogens with one attached hydrogen (secondary N) is 1. The minimum absolute atomic E-state index is 0.126. The molecule has 0 saturated heterocycles. The fraction of sp³-hybridized carbons (Fsp3) is 0.100. The van der Waals surface area contributed by atoms with E-state index < -0.39 is 34.6 Å². The summed E-state index contributed by atoms with van der Waals surface area (Å²) < 4.78 is 57.4. The quantitative estimate of drug-likeness (QED) is 0.231. The standard InChI is InChI=1S/C20H16F4N4O/c1-28(2)12-9-7-11(8-10-12)26-27-20-17(23)15(21)19(16(22)18(20)24)25-13-5-3-4-6-14(13)29/h3-10,25,29H,1-2H3. The van der Waals surface area contributed by atoms with E-state index in [2.05, 4.69) is 15.5 Å². The summed E-state index contributed by atoms with van der Waals surface area (Å²) in [4.78, 5) is 1.83. The van der Waals surface area contributed by atoms with E-state index in [9.17, 15) is 22.7 Å². The van der Waals surface area contributed by atoms with Crippen LogP contribution >= 0.6 is 0 Å². The van der Waals surface area contributed by atoms with Crippen molar-refractivity contribution in [3.05, 3.63) is 71.8 Å². The van der Waals surface area contributed by atoms with Crippen molar-refractivity contribution in [1.82, 2.24) is 0 Å². The summed E-state index contributed by atoms with van der Waals surface area (Å²) in [6.45, 7) is 0. The summed E-state index contributed by atoms with van der Waals surface area (Å²) in [5.74, 6) is -7.16. The number of benzene rings is 3. The molecule has 0 heterocycles. The van der Waals surface area contributed by atoms with Crippen LogP contribution in [0.15, 0.2) is 58.8 Å². The van der Waals surface area contributed by atoms with Crippen molar-refractivity contribution in [2.24, 2.45) is 10.2 Å². The van der Waals surface area contributed by atoms with Crippen LogP contribution in [0.1, 0.15) is 0 Å². The van der Waals surface area contributed by atoms with E-state index in [0.29, 0.717) is 0 Å². The molecule has 0 saturated carbocycles. The monoisotopic (exact) mass is 404 g/mol. The Hall–Kier alpha value is -3.62. The molecule has 0 bridgehead atoms. The number of rotatable bonds is 5. The molecule has 5 nitrogen and oxygen atoms in total. The normalized spacial score (nSPS) is 11.1. The Kier molecular flexibility index (Phi) is 5.67. The van der Waals surface area contributed by atoms with Gasteiger partial charge in [-0.1, -0.05) is 12.1 Å². The van der Waals surface area contributed by atoms with Crippen LogP contribution in [-0.2, 0) is 0 Å². The first-order chi connectivity index (χ1) is 13.8. The van der Waals surface area contributed by atoms with Gasteiger partial charge < -0.3 is 15.3 Å². The molecular formula is C20H16F4N4O. The summed E-state index contributed by atoms with van der Waals surface area (Å²) in [6.07, 6.45) is 0. The predicted octanol–water partition coefficient (Wildman–Crippen LogP) is 6.17. The maximum atomic E-state index is 14.4. The molecule has 0 radical (unpaired) electrons. The number of halogens is 4. The van der Waals surface area contributed by atoms with Gasteiger partial charge in [-0.15, -0.1) is 5.11 Å². The molecule has 0 fully saturated rings. The summed E-state index contributed by atoms with van der Waals surface area (Å²) in [6, 6.07) is 11.9. The second-order valence-corrected chi connectivity index (χ2v) is 6.23. The molecule has 150 valence electrons. The van der Waals surface area contributed by atoms with Crippen molar-refractivity contribution in [3.63, 3.8) is 0 Å². The Bertz CT molecular complexity index is 1040. The lowest BCUT2D eigenvalue weighted by molar-refractivity contribution is 0.460. The number of hydrogen-bond donors (Lipinski definition) is 2. The van der Waals surface area contributed by atoms with Crippen LogP contribution in [0.3, 0.4) is 0 Å². The van der Waals surface area contributed by atoms with Crippen LogP contribution in [0.4, 0.5) is 46.0 Å². The van der Waals surface area contributed by atoms with E-state index in [1.807, 2.05) is 19.0 Å². The average molecular weight is 404 g/mol. The highest BCUT2D eigenvalue weighted by Gasteiger charge is 2.26. The van der Waals surface area contributed by atoms with E-state index in [1.165, 1.54) is 36.4 Å². The van der Waals surface area contributed by atoms with Gasteiger partial charge in [-0.3, -0.25) is 0 Å². The zero-order chi connectivity index (χ0) is 21.1. The van der Waals surface area contributed by atoms with Crippen molar-refractivity contribution in [2.45, 2.75) is 0 Å². The maximum absolute atomic E-state index is 14.4. The van der Waals surface area contributed by atoms with Crippen molar-refractivity contribution in [1.29, 1.82) is 0 Å². The fourth-order valence-corrected chi connectivity index (χ4v) is 2.46. The average Bonchev–Trinajstić information content (AvgIpc) is 2.71. The van der Waals surface area contributed by atoms with Crippen molar-refractivity contribution in [3.8, 4) is 5.75 Å². The van der Waals surface area contributed by atoms with E-state index in [1.54, 1.807) is 12.1 Å². The Balaban J connectivity index is 1.96. The lowest BCUT2D eigenvalue weighted by atomic mass is 10.2. The minimum atomic E-state index is -1.71. The van der Waals surface area contributed by atoms with Crippen LogP contribution in [0.2, 0.25) is 0 Å². The highest BCUT2D eigenvalue weighted by molar-refractivity contribution is 5.68. The predicted molar refractivity (Wildman–Crippen MR) is 103 cm³/mol. The number of aromatic hydroxyl groups is 1. The third-order valence-electron chi connectivity index (χ3n) is 4.04. The van der Waals surface area contributed by atoms with Crippen molar-refractivity contribution >= 4 is 28.4 Å². The van der Waals surface area contributed by atoms with E-state index in [-0.39, 0.29) is 17.1 Å². The number of para-hydroxylation sites is 2. The Morgan fingerprint density at radius 3 is 1.93 bits per heavy atom. The molecule has 3 rings (SSSR count). The Morgan fingerprint density at radius 1 is 0.793 bits per heavy atom. The zero-order valence-electron chi connectivity index (χ0n) is 15.4. The van der Waals surface area contributed by atoms with Gasteiger partial charge in [0.2, 0.25) is 0 Å². The molecule has 9 heteroatoms. The van der Waals surface area contributed by atoms with Crippen LogP contribution in [0.25, 0.3) is 0 Å². The topological polar surface area (TPSA) is 60.2 Å². The number of phenols is 1. The summed E-state index contributed by atoms with van der Waals surface area (Å²) in [5.41, 5.74) is -1.31. The minimum Gasteiger partial charge on any atom is -0.506 e.